The van der Waals surface area contributed by atoms with Crippen molar-refractivity contribution in [1.82, 2.24) is 0 Å². The molecule has 36 heavy (non-hydrogen) atoms. The minimum atomic E-state index is -1.36. The predicted octanol–water partition coefficient (Wildman–Crippen LogP) is 4.11. The third-order valence-electron chi connectivity index (χ3n) is 5.74. The van der Waals surface area contributed by atoms with E-state index < -0.39 is 5.97 Å². The van der Waals surface area contributed by atoms with E-state index in [1.807, 2.05) is 48.5 Å². The maximum atomic E-state index is 12.5. The topological polar surface area (TPSA) is 111 Å². The van der Waals surface area contributed by atoms with Crippen molar-refractivity contribution in [3.05, 3.63) is 108 Å². The van der Waals surface area contributed by atoms with Crippen molar-refractivity contribution in [1.29, 1.82) is 0 Å². The molecule has 0 bridgehead atoms. The van der Waals surface area contributed by atoms with Gasteiger partial charge in [-0.25, -0.2) is 0 Å². The van der Waals surface area contributed by atoms with E-state index in [9.17, 15) is 20.1 Å². The van der Waals surface area contributed by atoms with Gasteiger partial charge in [0.1, 0.15) is 0 Å². The number of nitrogens with zero attached hydrogens (tertiary/aromatic N) is 2. The van der Waals surface area contributed by atoms with Crippen molar-refractivity contribution in [2.45, 2.75) is 0 Å². The molecule has 5 rings (SSSR count). The zero-order chi connectivity index (χ0) is 24.4. The molecule has 1 radical (unpaired) electrons. The van der Waals surface area contributed by atoms with E-state index in [0.717, 1.165) is 21.5 Å². The summed E-state index contributed by atoms with van der Waals surface area (Å²) < 4.78 is 0. The van der Waals surface area contributed by atoms with Gasteiger partial charge in [-0.1, -0.05) is 90.4 Å². The molecule has 0 atom stereocenters. The molecule has 7 heteroatoms. The summed E-state index contributed by atoms with van der Waals surface area (Å²) in [6.45, 7) is 0. The van der Waals surface area contributed by atoms with Crippen LogP contribution in [-0.4, -0.2) is 18.4 Å². The third kappa shape index (κ3) is 4.84. The molecule has 0 heterocycles. The Balaban J connectivity index is 0.00000190. The van der Waals surface area contributed by atoms with Gasteiger partial charge in [-0.3, -0.25) is 9.98 Å². The van der Waals surface area contributed by atoms with E-state index in [-0.39, 0.29) is 41.2 Å². The van der Waals surface area contributed by atoms with Gasteiger partial charge in [0.2, 0.25) is 0 Å². The van der Waals surface area contributed by atoms with Gasteiger partial charge < -0.3 is 20.1 Å². The van der Waals surface area contributed by atoms with Crippen molar-refractivity contribution < 1.29 is 38.6 Å². The number of hydrogen-bond acceptors (Lipinski definition) is 6. The molecule has 0 aliphatic rings. The zero-order valence-electron chi connectivity index (χ0n) is 19.6. The molecular weight excluding hydrogens is 504 g/mol. The molecule has 5 aromatic rings. The molecule has 0 spiro atoms. The minimum absolute atomic E-state index is 0. The molecule has 0 aromatic heterocycles. The van der Waals surface area contributed by atoms with Crippen LogP contribution in [0.4, 0.5) is 11.4 Å². The number of carboxylic acid groups (broad SMARTS) is 1. The van der Waals surface area contributed by atoms with Crippen molar-refractivity contribution in [3.8, 4) is 11.5 Å². The van der Waals surface area contributed by atoms with E-state index in [0.29, 0.717) is 16.8 Å². The Morgan fingerprint density at radius 3 is 1.69 bits per heavy atom. The first-order valence-corrected chi connectivity index (χ1v) is 10.8. The van der Waals surface area contributed by atoms with Crippen molar-refractivity contribution in [2.24, 2.45) is 9.98 Å². The van der Waals surface area contributed by atoms with Gasteiger partial charge in [-0.05, 0) is 50.4 Å². The second-order valence-electron chi connectivity index (χ2n) is 7.90. The van der Waals surface area contributed by atoms with E-state index in [1.54, 1.807) is 12.1 Å². The molecule has 0 fully saturated rings. The second-order valence-corrected chi connectivity index (χ2v) is 7.90. The largest absolute Gasteiger partial charge is 2.00 e. The molecule has 0 aliphatic carbocycles. The Kier molecular flexibility index (Phi) is 7.15. The van der Waals surface area contributed by atoms with Gasteiger partial charge in [0.05, 0.1) is 17.3 Å². The number of hydrogen-bond donors (Lipinski definition) is 0. The molecule has 0 unspecified atom stereocenters. The van der Waals surface area contributed by atoms with E-state index in [4.69, 9.17) is 0 Å². The Hall–Kier alpha value is -4.45. The predicted molar refractivity (Wildman–Crippen MR) is 133 cm³/mol. The van der Waals surface area contributed by atoms with Crippen LogP contribution in [0.15, 0.2) is 101 Å². The van der Waals surface area contributed by atoms with Crippen LogP contribution in [-0.2, 0) is 17.1 Å². The van der Waals surface area contributed by atoms with E-state index >= 15 is 0 Å². The van der Waals surface area contributed by atoms with Crippen molar-refractivity contribution in [2.75, 3.05) is 0 Å². The number of rotatable bonds is 5. The average Bonchev–Trinajstić information content (AvgIpc) is 2.88. The molecule has 5 aromatic carbocycles. The first-order chi connectivity index (χ1) is 17.0. The van der Waals surface area contributed by atoms with Crippen LogP contribution in [0.1, 0.15) is 22.9 Å². The van der Waals surface area contributed by atoms with E-state index in [2.05, 4.69) is 9.98 Å². The van der Waals surface area contributed by atoms with Crippen molar-refractivity contribution >= 4 is 51.3 Å². The zero-order valence-corrected chi connectivity index (χ0v) is 19.6. The fourth-order valence-corrected chi connectivity index (χ4v) is 3.95. The summed E-state index contributed by atoms with van der Waals surface area (Å²) in [7, 11) is 0. The quantitative estimate of drug-likeness (QED) is 0.256. The summed E-state index contributed by atoms with van der Waals surface area (Å²) in [5.41, 5.74) is 1.28. The van der Waals surface area contributed by atoms with Gasteiger partial charge in [-0.2, -0.15) is 0 Å². The van der Waals surface area contributed by atoms with Gasteiger partial charge in [-0.15, -0.1) is 0 Å². The second kappa shape index (κ2) is 10.4. The Bertz CT molecular complexity index is 1670. The molecule has 179 valence electrons. The molecule has 0 aliphatic heterocycles. The van der Waals surface area contributed by atoms with Crippen LogP contribution in [0.5, 0.6) is 11.5 Å². The Morgan fingerprint density at radius 1 is 0.667 bits per heavy atom. The summed E-state index contributed by atoms with van der Waals surface area (Å²) in [5.74, 6) is -1.75. The van der Waals surface area contributed by atoms with Crippen LogP contribution in [0, 0.1) is 0 Å². The summed E-state index contributed by atoms with van der Waals surface area (Å²) >= 11 is 0. The SMILES string of the molecule is O=C([O-])c1ccc(N=Cc2c([O-])ccc3ccccc23)c(N=Cc2c([O-])ccc3ccccc23)c1.[Cu+2].[H+]. The number of carbonyl (C=O) groups excluding carboxylic acids is 1. The molecule has 0 amide bonds. The number of carboxylic acids is 1. The van der Waals surface area contributed by atoms with Gasteiger partial charge in [0, 0.05) is 12.4 Å². The number of fused-ring (bicyclic) bond motifs is 2. The number of aliphatic imine (C=N–C) groups is 2. The monoisotopic (exact) mass is 521 g/mol. The molecule has 0 saturated heterocycles. The van der Waals surface area contributed by atoms with Gasteiger partial charge >= 0.3 is 18.5 Å². The maximum absolute atomic E-state index is 12.5. The Morgan fingerprint density at radius 2 is 1.17 bits per heavy atom. The van der Waals surface area contributed by atoms with Gasteiger partial charge in [0.15, 0.2) is 0 Å². The van der Waals surface area contributed by atoms with Crippen LogP contribution in [0.25, 0.3) is 21.5 Å². The maximum Gasteiger partial charge on any atom is 2.00 e. The average molecular weight is 522 g/mol. The molecule has 6 nitrogen and oxygen atoms in total. The van der Waals surface area contributed by atoms with Crippen LogP contribution < -0.4 is 15.3 Å². The van der Waals surface area contributed by atoms with Crippen molar-refractivity contribution in [3.63, 3.8) is 0 Å². The summed E-state index contributed by atoms with van der Waals surface area (Å²) in [6, 6.07) is 25.5. The summed E-state index contributed by atoms with van der Waals surface area (Å²) in [5, 5.41) is 39.8. The van der Waals surface area contributed by atoms with Gasteiger partial charge in [0.25, 0.3) is 0 Å². The first kappa shape index (κ1) is 24.7. The number of benzene rings is 5. The van der Waals surface area contributed by atoms with Crippen LogP contribution >= 0.6 is 0 Å². The first-order valence-electron chi connectivity index (χ1n) is 10.8. The standard InChI is InChI=1S/C29H20N2O4.Cu/c32-27-13-10-18-5-1-3-7-21(18)23(27)16-30-25-12-9-20(29(34)35)15-26(25)31-17-24-22-8-4-2-6-19(22)11-14-28(24)33;/h1-17,32-33H,(H,34,35);/q;+2/p-2. The molecule has 0 saturated carbocycles. The fourth-order valence-electron chi connectivity index (χ4n) is 3.95. The number of aromatic carboxylic acids is 1. The number of carbonyl (C=O) groups is 1. The molecular formula is C29H18CuN2O4. The van der Waals surface area contributed by atoms with Crippen LogP contribution in [0.3, 0.4) is 0 Å². The summed E-state index contributed by atoms with van der Waals surface area (Å²) in [6.07, 6.45) is 2.86. The molecule has 0 N–H and O–H groups in total. The fraction of sp³-hybridized carbons (Fsp3) is 0. The van der Waals surface area contributed by atoms with Crippen LogP contribution in [0.2, 0.25) is 0 Å². The summed E-state index contributed by atoms with van der Waals surface area (Å²) in [4.78, 5) is 20.3. The minimum Gasteiger partial charge on any atom is -0.872 e. The Labute approximate surface area is 218 Å². The normalized spacial score (nSPS) is 11.3. The smallest absolute Gasteiger partial charge is 0.872 e. The van der Waals surface area contributed by atoms with E-state index in [1.165, 1.54) is 42.8 Å². The third-order valence-corrected chi connectivity index (χ3v) is 5.74.